The number of hydrogen-bond acceptors (Lipinski definition) is 6. The molecule has 8 heteroatoms. The van der Waals surface area contributed by atoms with Gasteiger partial charge in [0.25, 0.3) is 0 Å². The van der Waals surface area contributed by atoms with Crippen molar-refractivity contribution in [3.63, 3.8) is 0 Å². The lowest BCUT2D eigenvalue weighted by Crippen LogP contribution is -2.47. The first-order chi connectivity index (χ1) is 17.2. The number of nitrogens with one attached hydrogen (secondary N) is 1. The van der Waals surface area contributed by atoms with Crippen LogP contribution in [0.4, 0.5) is 4.79 Å². The van der Waals surface area contributed by atoms with E-state index in [1.54, 1.807) is 12.1 Å². The van der Waals surface area contributed by atoms with E-state index in [1.807, 2.05) is 49.8 Å². The van der Waals surface area contributed by atoms with Gasteiger partial charge in [0, 0.05) is 12.6 Å². The molecule has 0 radical (unpaired) electrons. The molecule has 1 atom stereocenters. The highest BCUT2D eigenvalue weighted by Crippen LogP contribution is 2.37. The number of benzene rings is 2. The van der Waals surface area contributed by atoms with Gasteiger partial charge in [0.1, 0.15) is 17.1 Å². The van der Waals surface area contributed by atoms with Crippen molar-refractivity contribution >= 4 is 17.0 Å². The van der Waals surface area contributed by atoms with Crippen LogP contribution in [0.5, 0.6) is 11.5 Å². The first kappa shape index (κ1) is 24.4. The Morgan fingerprint density at radius 1 is 1.17 bits per heavy atom. The molecule has 3 aromatic rings. The molecule has 192 valence electrons. The maximum absolute atomic E-state index is 12.0. The summed E-state index contributed by atoms with van der Waals surface area (Å²) < 4.78 is 19.7. The van der Waals surface area contributed by atoms with Gasteiger partial charge in [-0.05, 0) is 94.2 Å². The van der Waals surface area contributed by atoms with E-state index >= 15 is 0 Å². The van der Waals surface area contributed by atoms with Crippen molar-refractivity contribution in [1.29, 1.82) is 0 Å². The number of alkyl carbamates (subject to hydrolysis) is 1. The van der Waals surface area contributed by atoms with Crippen molar-refractivity contribution in [3.8, 4) is 22.6 Å². The molecule has 1 aromatic heterocycles. The summed E-state index contributed by atoms with van der Waals surface area (Å²) in [4.78, 5) is 12.0. The molecule has 2 heterocycles. The standard InChI is InChI=1S/C28H35N3O5/c1-28(2,3)36-27(33)30-21-12-18(13-21)17-35-25-15-20(19-7-9-22(32)10-8-19)14-24-23(25)16-29-31(24)26-6-4-5-11-34-26/h7-10,14-16,18,21,26,32H,4-6,11-13,17H2,1-3H3,(H,30,33)/t18-,21-,26?. The Labute approximate surface area is 211 Å². The summed E-state index contributed by atoms with van der Waals surface area (Å²) in [6, 6.07) is 11.4. The number of fused-ring (bicyclic) bond motifs is 1. The molecule has 2 fully saturated rings. The molecule has 1 unspecified atom stereocenters. The fourth-order valence-corrected chi connectivity index (χ4v) is 4.87. The van der Waals surface area contributed by atoms with Gasteiger partial charge in [0.15, 0.2) is 6.23 Å². The first-order valence-electron chi connectivity index (χ1n) is 12.8. The topological polar surface area (TPSA) is 94.8 Å². The maximum atomic E-state index is 12.0. The van der Waals surface area contributed by atoms with Crippen LogP contribution in [0.1, 0.15) is 59.1 Å². The molecule has 1 amide bonds. The van der Waals surface area contributed by atoms with Crippen LogP contribution in [0, 0.1) is 5.92 Å². The Morgan fingerprint density at radius 2 is 1.94 bits per heavy atom. The third kappa shape index (κ3) is 5.59. The highest BCUT2D eigenvalue weighted by atomic mass is 16.6. The minimum atomic E-state index is -0.503. The minimum absolute atomic E-state index is 0.0783. The molecular weight excluding hydrogens is 458 g/mol. The van der Waals surface area contributed by atoms with Gasteiger partial charge in [-0.15, -0.1) is 0 Å². The van der Waals surface area contributed by atoms with E-state index in [0.29, 0.717) is 12.5 Å². The van der Waals surface area contributed by atoms with Crippen molar-refractivity contribution in [2.45, 2.75) is 70.7 Å². The Kier molecular flexibility index (Phi) is 6.79. The van der Waals surface area contributed by atoms with Crippen molar-refractivity contribution in [1.82, 2.24) is 15.1 Å². The monoisotopic (exact) mass is 493 g/mol. The first-order valence-corrected chi connectivity index (χ1v) is 12.8. The number of phenolic OH excluding ortho intramolecular Hbond substituents is 1. The summed E-state index contributed by atoms with van der Waals surface area (Å²) in [5.74, 6) is 1.37. The number of hydrogen-bond donors (Lipinski definition) is 2. The highest BCUT2D eigenvalue weighted by Gasteiger charge is 2.32. The number of carbonyl (C=O) groups is 1. The largest absolute Gasteiger partial charge is 0.508 e. The Hall–Kier alpha value is -3.26. The van der Waals surface area contributed by atoms with Crippen LogP contribution in [-0.2, 0) is 9.47 Å². The fraction of sp³-hybridized carbons (Fsp3) is 0.500. The number of nitrogens with zero attached hydrogens (tertiary/aromatic N) is 2. The SMILES string of the molecule is CC(C)(C)OC(=O)N[C@H]1C[C@H](COc2cc(-c3ccc(O)cc3)cc3c2cnn3C2CCCCO2)C1. The lowest BCUT2D eigenvalue weighted by Gasteiger charge is -2.36. The smallest absolute Gasteiger partial charge is 0.407 e. The van der Waals surface area contributed by atoms with Crippen LogP contribution >= 0.6 is 0 Å². The quantitative estimate of drug-likeness (QED) is 0.451. The number of amides is 1. The molecular formula is C28H35N3O5. The summed E-state index contributed by atoms with van der Waals surface area (Å²) in [6.45, 7) is 6.89. The summed E-state index contributed by atoms with van der Waals surface area (Å²) >= 11 is 0. The van der Waals surface area contributed by atoms with Crippen molar-refractivity contribution < 1.29 is 24.1 Å². The number of rotatable bonds is 6. The zero-order chi connectivity index (χ0) is 25.3. The van der Waals surface area contributed by atoms with Gasteiger partial charge in [-0.25, -0.2) is 9.48 Å². The van der Waals surface area contributed by atoms with E-state index in [4.69, 9.17) is 14.2 Å². The molecule has 2 aromatic carbocycles. The predicted octanol–water partition coefficient (Wildman–Crippen LogP) is 5.79. The highest BCUT2D eigenvalue weighted by molar-refractivity contribution is 5.90. The maximum Gasteiger partial charge on any atom is 0.407 e. The summed E-state index contributed by atoms with van der Waals surface area (Å²) in [5, 5.41) is 18.3. The molecule has 5 rings (SSSR count). The molecule has 8 nitrogen and oxygen atoms in total. The van der Waals surface area contributed by atoms with Gasteiger partial charge in [-0.3, -0.25) is 0 Å². The second-order valence-electron chi connectivity index (χ2n) is 10.9. The van der Waals surface area contributed by atoms with E-state index in [0.717, 1.165) is 66.5 Å². The third-order valence-corrected chi connectivity index (χ3v) is 6.74. The second-order valence-corrected chi connectivity index (χ2v) is 10.9. The summed E-state index contributed by atoms with van der Waals surface area (Å²) in [7, 11) is 0. The van der Waals surface area contributed by atoms with E-state index in [-0.39, 0.29) is 24.1 Å². The average molecular weight is 494 g/mol. The van der Waals surface area contributed by atoms with E-state index in [9.17, 15) is 9.90 Å². The van der Waals surface area contributed by atoms with Gasteiger partial charge in [0.05, 0.1) is 23.7 Å². The van der Waals surface area contributed by atoms with Crippen LogP contribution in [-0.4, -0.2) is 45.8 Å². The zero-order valence-corrected chi connectivity index (χ0v) is 21.2. The fourth-order valence-electron chi connectivity index (χ4n) is 4.87. The third-order valence-electron chi connectivity index (χ3n) is 6.74. The summed E-state index contributed by atoms with van der Waals surface area (Å²) in [5.41, 5.74) is 2.45. The normalized spacial score (nSPS) is 22.1. The number of aromatic hydroxyl groups is 1. The van der Waals surface area contributed by atoms with E-state index in [2.05, 4.69) is 16.5 Å². The van der Waals surface area contributed by atoms with Gasteiger partial charge >= 0.3 is 6.09 Å². The molecule has 1 saturated carbocycles. The molecule has 1 aliphatic carbocycles. The summed E-state index contributed by atoms with van der Waals surface area (Å²) in [6.07, 6.45) is 6.26. The lowest BCUT2D eigenvalue weighted by atomic mass is 9.81. The molecule has 2 N–H and O–H groups in total. The van der Waals surface area contributed by atoms with Gasteiger partial charge in [-0.2, -0.15) is 5.10 Å². The molecule has 1 saturated heterocycles. The van der Waals surface area contributed by atoms with Crippen LogP contribution in [0.25, 0.3) is 22.0 Å². The molecule has 36 heavy (non-hydrogen) atoms. The number of phenols is 1. The number of aromatic nitrogens is 2. The van der Waals surface area contributed by atoms with Gasteiger partial charge in [-0.1, -0.05) is 12.1 Å². The predicted molar refractivity (Wildman–Crippen MR) is 137 cm³/mol. The van der Waals surface area contributed by atoms with Gasteiger partial charge < -0.3 is 24.6 Å². The minimum Gasteiger partial charge on any atom is -0.508 e. The number of ether oxygens (including phenoxy) is 3. The Balaban J connectivity index is 1.32. The van der Waals surface area contributed by atoms with Gasteiger partial charge in [0.2, 0.25) is 0 Å². The van der Waals surface area contributed by atoms with Crippen molar-refractivity contribution in [2.24, 2.45) is 5.92 Å². The molecule has 1 aliphatic heterocycles. The number of carbonyl (C=O) groups excluding carboxylic acids is 1. The van der Waals surface area contributed by atoms with Crippen molar-refractivity contribution in [3.05, 3.63) is 42.6 Å². The van der Waals surface area contributed by atoms with Crippen LogP contribution in [0.2, 0.25) is 0 Å². The second kappa shape index (κ2) is 10.0. The Bertz CT molecular complexity index is 1200. The van der Waals surface area contributed by atoms with Crippen LogP contribution in [0.3, 0.4) is 0 Å². The van der Waals surface area contributed by atoms with E-state index in [1.165, 1.54) is 0 Å². The molecule has 0 spiro atoms. The molecule has 0 bridgehead atoms. The Morgan fingerprint density at radius 3 is 2.64 bits per heavy atom. The zero-order valence-electron chi connectivity index (χ0n) is 21.2. The van der Waals surface area contributed by atoms with E-state index < -0.39 is 5.60 Å². The van der Waals surface area contributed by atoms with Crippen LogP contribution < -0.4 is 10.1 Å². The van der Waals surface area contributed by atoms with Crippen molar-refractivity contribution in [2.75, 3.05) is 13.2 Å². The average Bonchev–Trinajstić information content (AvgIpc) is 3.24. The molecule has 2 aliphatic rings. The lowest BCUT2D eigenvalue weighted by molar-refractivity contribution is -0.0366. The van der Waals surface area contributed by atoms with Crippen LogP contribution in [0.15, 0.2) is 42.6 Å².